The van der Waals surface area contributed by atoms with E-state index in [9.17, 15) is 4.79 Å². The van der Waals surface area contributed by atoms with Gasteiger partial charge in [0.15, 0.2) is 0 Å². The Morgan fingerprint density at radius 1 is 1.08 bits per heavy atom. The normalized spacial score (nSPS) is 27.9. The van der Waals surface area contributed by atoms with Crippen LogP contribution in [0.15, 0.2) is 16.9 Å². The molecule has 0 spiro atoms. The lowest BCUT2D eigenvalue weighted by Crippen LogP contribution is -2.53. The number of nitrogens with zero attached hydrogens (tertiary/aromatic N) is 4. The number of hydrogen-bond acceptors (Lipinski definition) is 6. The Labute approximate surface area is 142 Å². The van der Waals surface area contributed by atoms with Crippen molar-refractivity contribution < 1.29 is 14.1 Å². The van der Waals surface area contributed by atoms with Crippen LogP contribution in [0.1, 0.15) is 25.0 Å². The SMILES string of the molecule is O=C1C(N2CCN(Cc3ccon3)CC2)CCN1C1CCOCC1. The standard InChI is InChI=1S/C17H26N4O3/c22-17-16(1-5-21(17)15-3-10-23-11-4-15)20-8-6-19(7-9-20)13-14-2-12-24-18-14/h2,12,15-16H,1,3-11,13H2. The van der Waals surface area contributed by atoms with Crippen LogP contribution >= 0.6 is 0 Å². The number of aromatic nitrogens is 1. The van der Waals surface area contributed by atoms with Gasteiger partial charge in [-0.25, -0.2) is 0 Å². The van der Waals surface area contributed by atoms with Crippen molar-refractivity contribution in [1.29, 1.82) is 0 Å². The topological polar surface area (TPSA) is 62.1 Å². The van der Waals surface area contributed by atoms with Crippen LogP contribution in [0.4, 0.5) is 0 Å². The lowest BCUT2D eigenvalue weighted by molar-refractivity contribution is -0.136. The van der Waals surface area contributed by atoms with Crippen LogP contribution in [-0.2, 0) is 16.1 Å². The lowest BCUT2D eigenvalue weighted by atomic mass is 10.1. The highest BCUT2D eigenvalue weighted by atomic mass is 16.5. The number of hydrogen-bond donors (Lipinski definition) is 0. The van der Waals surface area contributed by atoms with Gasteiger partial charge in [0.2, 0.25) is 5.91 Å². The smallest absolute Gasteiger partial charge is 0.240 e. The molecule has 1 aromatic rings. The molecular weight excluding hydrogens is 308 g/mol. The largest absolute Gasteiger partial charge is 0.381 e. The maximum absolute atomic E-state index is 12.8. The van der Waals surface area contributed by atoms with Crippen molar-refractivity contribution in [3.8, 4) is 0 Å². The highest BCUT2D eigenvalue weighted by Gasteiger charge is 2.40. The van der Waals surface area contributed by atoms with Crippen molar-refractivity contribution in [3.63, 3.8) is 0 Å². The molecule has 0 bridgehead atoms. The summed E-state index contributed by atoms with van der Waals surface area (Å²) in [5.41, 5.74) is 0.978. The molecule has 0 N–H and O–H groups in total. The Kier molecular flexibility index (Phi) is 4.82. The molecule has 7 nitrogen and oxygen atoms in total. The quantitative estimate of drug-likeness (QED) is 0.802. The van der Waals surface area contributed by atoms with Gasteiger partial charge >= 0.3 is 0 Å². The van der Waals surface area contributed by atoms with E-state index < -0.39 is 0 Å². The van der Waals surface area contributed by atoms with Crippen molar-refractivity contribution in [2.75, 3.05) is 45.9 Å². The van der Waals surface area contributed by atoms with Gasteiger partial charge in [-0.15, -0.1) is 0 Å². The summed E-state index contributed by atoms with van der Waals surface area (Å²) in [6, 6.07) is 2.39. The fourth-order valence-corrected chi connectivity index (χ4v) is 4.17. The molecule has 3 aliphatic heterocycles. The van der Waals surface area contributed by atoms with Crippen molar-refractivity contribution in [2.24, 2.45) is 0 Å². The molecule has 0 radical (unpaired) electrons. The highest BCUT2D eigenvalue weighted by molar-refractivity contribution is 5.84. The van der Waals surface area contributed by atoms with E-state index in [0.717, 1.165) is 77.4 Å². The van der Waals surface area contributed by atoms with Crippen LogP contribution < -0.4 is 0 Å². The number of amides is 1. The average molecular weight is 334 g/mol. The van der Waals surface area contributed by atoms with E-state index in [0.29, 0.717) is 11.9 Å². The third kappa shape index (κ3) is 3.34. The molecule has 132 valence electrons. The Morgan fingerprint density at radius 2 is 1.88 bits per heavy atom. The van der Waals surface area contributed by atoms with Gasteiger partial charge in [-0.2, -0.15) is 0 Å². The predicted molar refractivity (Wildman–Crippen MR) is 87.3 cm³/mol. The van der Waals surface area contributed by atoms with Crippen molar-refractivity contribution in [2.45, 2.75) is 37.9 Å². The number of carbonyl (C=O) groups excluding carboxylic acids is 1. The van der Waals surface area contributed by atoms with Crippen LogP contribution in [0.5, 0.6) is 0 Å². The summed E-state index contributed by atoms with van der Waals surface area (Å²) >= 11 is 0. The van der Waals surface area contributed by atoms with E-state index >= 15 is 0 Å². The Morgan fingerprint density at radius 3 is 2.58 bits per heavy atom. The lowest BCUT2D eigenvalue weighted by Gasteiger charge is -2.37. The summed E-state index contributed by atoms with van der Waals surface area (Å²) in [7, 11) is 0. The monoisotopic (exact) mass is 334 g/mol. The highest BCUT2D eigenvalue weighted by Crippen LogP contribution is 2.25. The van der Waals surface area contributed by atoms with E-state index in [2.05, 4.69) is 19.9 Å². The van der Waals surface area contributed by atoms with Crippen molar-refractivity contribution in [3.05, 3.63) is 18.0 Å². The van der Waals surface area contributed by atoms with Crippen LogP contribution in [0, 0.1) is 0 Å². The van der Waals surface area contributed by atoms with Crippen LogP contribution in [-0.4, -0.2) is 83.8 Å². The third-order valence-corrected chi connectivity index (χ3v) is 5.57. The van der Waals surface area contributed by atoms with Gasteiger partial charge in [0, 0.05) is 64.6 Å². The van der Waals surface area contributed by atoms with Crippen LogP contribution in [0.3, 0.4) is 0 Å². The maximum atomic E-state index is 12.8. The summed E-state index contributed by atoms with van der Waals surface area (Å²) < 4.78 is 10.3. The third-order valence-electron chi connectivity index (χ3n) is 5.57. The number of carbonyl (C=O) groups is 1. The molecule has 4 rings (SSSR count). The van der Waals surface area contributed by atoms with Gasteiger partial charge < -0.3 is 14.2 Å². The molecule has 0 saturated carbocycles. The summed E-state index contributed by atoms with van der Waals surface area (Å²) in [6.45, 7) is 7.19. The molecule has 3 fully saturated rings. The van der Waals surface area contributed by atoms with Gasteiger partial charge in [0.1, 0.15) is 6.26 Å². The zero-order valence-corrected chi connectivity index (χ0v) is 14.1. The zero-order valence-electron chi connectivity index (χ0n) is 14.1. The van der Waals surface area contributed by atoms with E-state index in [1.54, 1.807) is 6.26 Å². The minimum Gasteiger partial charge on any atom is -0.381 e. The van der Waals surface area contributed by atoms with Gasteiger partial charge in [0.25, 0.3) is 0 Å². The minimum atomic E-state index is 0.0852. The second kappa shape index (κ2) is 7.21. The Bertz CT molecular complexity index is 536. The molecule has 4 heterocycles. The maximum Gasteiger partial charge on any atom is 0.240 e. The zero-order chi connectivity index (χ0) is 16.4. The Balaban J connectivity index is 1.29. The Hall–Kier alpha value is -1.44. The summed E-state index contributed by atoms with van der Waals surface area (Å²) in [5, 5.41) is 3.98. The molecule has 1 unspecified atom stereocenters. The van der Waals surface area contributed by atoms with E-state index in [1.165, 1.54) is 0 Å². The fraction of sp³-hybridized carbons (Fsp3) is 0.765. The molecule has 3 saturated heterocycles. The summed E-state index contributed by atoms with van der Waals surface area (Å²) in [4.78, 5) is 19.7. The second-order valence-corrected chi connectivity index (χ2v) is 6.98. The molecular formula is C17H26N4O3. The minimum absolute atomic E-state index is 0.0852. The van der Waals surface area contributed by atoms with Crippen LogP contribution in [0.2, 0.25) is 0 Å². The molecule has 3 aliphatic rings. The molecule has 24 heavy (non-hydrogen) atoms. The fourth-order valence-electron chi connectivity index (χ4n) is 4.17. The van der Waals surface area contributed by atoms with E-state index in [1.807, 2.05) is 6.07 Å². The average Bonchev–Trinajstić information content (AvgIpc) is 3.26. The van der Waals surface area contributed by atoms with Crippen molar-refractivity contribution in [1.82, 2.24) is 19.9 Å². The second-order valence-electron chi connectivity index (χ2n) is 6.98. The number of rotatable bonds is 4. The first-order chi connectivity index (χ1) is 11.8. The van der Waals surface area contributed by atoms with Gasteiger partial charge in [-0.3, -0.25) is 14.6 Å². The van der Waals surface area contributed by atoms with Crippen molar-refractivity contribution >= 4 is 5.91 Å². The summed E-state index contributed by atoms with van der Waals surface area (Å²) in [5.74, 6) is 0.340. The molecule has 1 aromatic heterocycles. The molecule has 1 amide bonds. The molecule has 7 heteroatoms. The number of ether oxygens (including phenoxy) is 1. The first-order valence-electron chi connectivity index (χ1n) is 9.05. The van der Waals surface area contributed by atoms with E-state index in [-0.39, 0.29) is 6.04 Å². The summed E-state index contributed by atoms with van der Waals surface area (Å²) in [6.07, 6.45) is 4.57. The van der Waals surface area contributed by atoms with Crippen LogP contribution in [0.25, 0.3) is 0 Å². The van der Waals surface area contributed by atoms with Gasteiger partial charge in [0.05, 0.1) is 11.7 Å². The number of likely N-dealkylation sites (tertiary alicyclic amines) is 1. The molecule has 0 aromatic carbocycles. The number of piperazine rings is 1. The van der Waals surface area contributed by atoms with E-state index in [4.69, 9.17) is 9.26 Å². The predicted octanol–water partition coefficient (Wildman–Crippen LogP) is 0.572. The molecule has 1 atom stereocenters. The first-order valence-corrected chi connectivity index (χ1v) is 9.05. The van der Waals surface area contributed by atoms with Gasteiger partial charge in [-0.1, -0.05) is 5.16 Å². The molecule has 0 aliphatic carbocycles. The first kappa shape index (κ1) is 16.1. The van der Waals surface area contributed by atoms with Gasteiger partial charge in [-0.05, 0) is 19.3 Å².